The zero-order valence-corrected chi connectivity index (χ0v) is 25.8. The topological polar surface area (TPSA) is 25.3 Å². The molecule has 3 aliphatic rings. The number of aryl methyl sites for hydroxylation is 2. The molecule has 3 aromatic rings. The van der Waals surface area contributed by atoms with Gasteiger partial charge < -0.3 is 9.80 Å². The van der Waals surface area contributed by atoms with Crippen molar-refractivity contribution in [2.45, 2.75) is 71.3 Å². The van der Waals surface area contributed by atoms with Crippen LogP contribution in [0.25, 0.3) is 0 Å². The van der Waals surface area contributed by atoms with Crippen molar-refractivity contribution in [3.8, 4) is 0 Å². The highest BCUT2D eigenvalue weighted by molar-refractivity contribution is 5.85. The van der Waals surface area contributed by atoms with Crippen molar-refractivity contribution in [2.75, 3.05) is 40.9 Å². The lowest BCUT2D eigenvalue weighted by molar-refractivity contribution is 0.286. The van der Waals surface area contributed by atoms with Crippen molar-refractivity contribution in [3.05, 3.63) is 102 Å². The van der Waals surface area contributed by atoms with E-state index < -0.39 is 0 Å². The van der Waals surface area contributed by atoms with Gasteiger partial charge in [-0.15, -0.1) is 0 Å². The number of benzene rings is 3. The van der Waals surface area contributed by atoms with E-state index in [1.807, 2.05) is 11.3 Å². The first-order chi connectivity index (χ1) is 20.5. The molecule has 42 heavy (non-hydrogen) atoms. The average molecular weight is 562 g/mol. The van der Waals surface area contributed by atoms with Crippen LogP contribution in [0.4, 0.5) is 17.1 Å². The van der Waals surface area contributed by atoms with Crippen LogP contribution in [0, 0.1) is 12.8 Å². The summed E-state index contributed by atoms with van der Waals surface area (Å²) in [5.74, 6) is 2.54. The lowest BCUT2D eigenvalue weighted by Gasteiger charge is -2.37. The SMILES string of the molecule is C=C1N(c2ccc(N3CCN(c4ccc(CC[C@@H]5CCC(c6ccccc6C)C5)cc4)CC3)cc2)C=NN1C(C)CC. The Morgan fingerprint density at radius 1 is 0.833 bits per heavy atom. The molecule has 2 unspecified atom stereocenters. The Kier molecular flexibility index (Phi) is 8.55. The van der Waals surface area contributed by atoms with Gasteiger partial charge in [0.15, 0.2) is 0 Å². The van der Waals surface area contributed by atoms with E-state index in [2.05, 4.69) is 120 Å². The number of hydrogen-bond acceptors (Lipinski definition) is 5. The maximum absolute atomic E-state index is 4.56. The summed E-state index contributed by atoms with van der Waals surface area (Å²) in [6.07, 6.45) is 9.51. The van der Waals surface area contributed by atoms with E-state index >= 15 is 0 Å². The number of nitrogens with zero attached hydrogens (tertiary/aromatic N) is 5. The van der Waals surface area contributed by atoms with Crippen LogP contribution in [0.1, 0.15) is 68.6 Å². The predicted octanol–water partition coefficient (Wildman–Crippen LogP) is 8.17. The molecule has 2 aliphatic heterocycles. The molecule has 0 spiro atoms. The molecule has 1 aliphatic carbocycles. The summed E-state index contributed by atoms with van der Waals surface area (Å²) < 4.78 is 0. The second-order valence-electron chi connectivity index (χ2n) is 12.5. The largest absolute Gasteiger partial charge is 0.368 e. The molecule has 6 rings (SSSR count). The van der Waals surface area contributed by atoms with Crippen LogP contribution in [0.2, 0.25) is 0 Å². The Morgan fingerprint density at radius 2 is 1.45 bits per heavy atom. The van der Waals surface area contributed by atoms with Crippen molar-refractivity contribution in [1.29, 1.82) is 0 Å². The Balaban J connectivity index is 0.965. The van der Waals surface area contributed by atoms with Gasteiger partial charge in [-0.2, -0.15) is 5.10 Å². The van der Waals surface area contributed by atoms with E-state index in [9.17, 15) is 0 Å². The first-order valence-corrected chi connectivity index (χ1v) is 16.1. The molecule has 1 saturated heterocycles. The molecule has 3 aromatic carbocycles. The molecule has 0 amide bonds. The second-order valence-corrected chi connectivity index (χ2v) is 12.5. The maximum atomic E-state index is 4.56. The van der Waals surface area contributed by atoms with E-state index in [0.29, 0.717) is 6.04 Å². The van der Waals surface area contributed by atoms with Gasteiger partial charge in [0.05, 0.1) is 6.04 Å². The summed E-state index contributed by atoms with van der Waals surface area (Å²) in [6.45, 7) is 15.1. The lowest BCUT2D eigenvalue weighted by Crippen LogP contribution is -2.46. The lowest BCUT2D eigenvalue weighted by atomic mass is 9.91. The summed E-state index contributed by atoms with van der Waals surface area (Å²) in [5.41, 5.74) is 8.27. The number of piperazine rings is 1. The molecule has 0 aromatic heterocycles. The van der Waals surface area contributed by atoms with Crippen molar-refractivity contribution < 1.29 is 0 Å². The highest BCUT2D eigenvalue weighted by atomic mass is 15.6. The van der Waals surface area contributed by atoms with Crippen molar-refractivity contribution in [2.24, 2.45) is 11.0 Å². The molecule has 3 atom stereocenters. The highest BCUT2D eigenvalue weighted by Gasteiger charge is 2.27. The molecular formula is C37H47N5. The number of hydrogen-bond donors (Lipinski definition) is 0. The summed E-state index contributed by atoms with van der Waals surface area (Å²) >= 11 is 0. The quantitative estimate of drug-likeness (QED) is 0.263. The summed E-state index contributed by atoms with van der Waals surface area (Å²) in [7, 11) is 0. The van der Waals surface area contributed by atoms with Gasteiger partial charge in [-0.25, -0.2) is 5.01 Å². The number of rotatable bonds is 9. The minimum atomic E-state index is 0.347. The van der Waals surface area contributed by atoms with Gasteiger partial charge in [0, 0.05) is 43.2 Å². The van der Waals surface area contributed by atoms with Gasteiger partial charge in [-0.05, 0) is 117 Å². The van der Waals surface area contributed by atoms with E-state index in [0.717, 1.165) is 55.9 Å². The second kappa shape index (κ2) is 12.6. The number of anilines is 3. The molecule has 220 valence electrons. The fourth-order valence-corrected chi connectivity index (χ4v) is 7.06. The molecule has 5 nitrogen and oxygen atoms in total. The fraction of sp³-hybridized carbons (Fsp3) is 0.432. The third-order valence-corrected chi connectivity index (χ3v) is 9.93. The fourth-order valence-electron chi connectivity index (χ4n) is 7.06. The zero-order chi connectivity index (χ0) is 29.1. The Bertz CT molecular complexity index is 1370. The first kappa shape index (κ1) is 28.4. The minimum absolute atomic E-state index is 0.347. The van der Waals surface area contributed by atoms with Crippen LogP contribution < -0.4 is 14.7 Å². The van der Waals surface area contributed by atoms with Gasteiger partial charge in [0.2, 0.25) is 0 Å². The zero-order valence-electron chi connectivity index (χ0n) is 25.8. The molecular weight excluding hydrogens is 514 g/mol. The van der Waals surface area contributed by atoms with E-state index in [-0.39, 0.29) is 0 Å². The molecule has 2 fully saturated rings. The van der Waals surface area contributed by atoms with Crippen molar-refractivity contribution in [3.63, 3.8) is 0 Å². The van der Waals surface area contributed by atoms with Gasteiger partial charge in [0.1, 0.15) is 12.2 Å². The van der Waals surface area contributed by atoms with Crippen LogP contribution in [-0.4, -0.2) is 43.6 Å². The van der Waals surface area contributed by atoms with E-state index in [1.54, 1.807) is 5.56 Å². The summed E-state index contributed by atoms with van der Waals surface area (Å²) in [4.78, 5) is 7.11. The van der Waals surface area contributed by atoms with E-state index in [4.69, 9.17) is 0 Å². The first-order valence-electron chi connectivity index (χ1n) is 16.1. The predicted molar refractivity (Wildman–Crippen MR) is 179 cm³/mol. The third-order valence-electron chi connectivity index (χ3n) is 9.93. The summed E-state index contributed by atoms with van der Waals surface area (Å²) in [5, 5.41) is 6.57. The Hall–Kier alpha value is -3.73. The van der Waals surface area contributed by atoms with E-state index in [1.165, 1.54) is 54.6 Å². The molecule has 2 heterocycles. The van der Waals surface area contributed by atoms with Crippen molar-refractivity contribution >= 4 is 23.4 Å². The van der Waals surface area contributed by atoms with Gasteiger partial charge >= 0.3 is 0 Å². The standard InChI is InChI=1S/C37H47N5/c1-5-29(3)42-30(4)41(27-38-42)36-20-18-35(19-21-36)40-24-22-39(23-25-40)34-16-13-31(14-17-34)10-11-32-12-15-33(26-32)37-9-7-6-8-28(37)2/h6-9,13-14,16-21,27,29,32-33H,4-5,10-12,15,22-26H2,1-3H3/t29?,32-,33?/m1/s1. The normalized spacial score (nSPS) is 21.5. The monoisotopic (exact) mass is 561 g/mol. The van der Waals surface area contributed by atoms with Crippen LogP contribution in [0.5, 0.6) is 0 Å². The van der Waals surface area contributed by atoms with Crippen LogP contribution in [0.3, 0.4) is 0 Å². The smallest absolute Gasteiger partial charge is 0.128 e. The maximum Gasteiger partial charge on any atom is 0.128 e. The van der Waals surface area contributed by atoms with Crippen LogP contribution >= 0.6 is 0 Å². The average Bonchev–Trinajstić information content (AvgIpc) is 3.67. The molecule has 0 bridgehead atoms. The van der Waals surface area contributed by atoms with Crippen LogP contribution in [0.15, 0.2) is 90.3 Å². The summed E-state index contributed by atoms with van der Waals surface area (Å²) in [6, 6.07) is 27.6. The Labute approximate surface area is 253 Å². The van der Waals surface area contributed by atoms with Gasteiger partial charge in [-0.3, -0.25) is 4.90 Å². The molecule has 0 radical (unpaired) electrons. The molecule has 0 N–H and O–H groups in total. The minimum Gasteiger partial charge on any atom is -0.368 e. The van der Waals surface area contributed by atoms with Gasteiger partial charge in [-0.1, -0.05) is 49.9 Å². The van der Waals surface area contributed by atoms with Crippen molar-refractivity contribution in [1.82, 2.24) is 5.01 Å². The third kappa shape index (κ3) is 6.06. The molecule has 5 heteroatoms. The van der Waals surface area contributed by atoms with Gasteiger partial charge in [0.25, 0.3) is 0 Å². The Morgan fingerprint density at radius 3 is 2.10 bits per heavy atom. The molecule has 1 saturated carbocycles. The highest BCUT2D eigenvalue weighted by Crippen LogP contribution is 2.41. The number of hydrazone groups is 1. The van der Waals surface area contributed by atoms with Crippen LogP contribution in [-0.2, 0) is 6.42 Å².